The highest BCUT2D eigenvalue weighted by molar-refractivity contribution is 5.86. The van der Waals surface area contributed by atoms with E-state index in [1.165, 1.54) is 4.68 Å². The Morgan fingerprint density at radius 2 is 2.21 bits per heavy atom. The molecule has 78 valence electrons. The average Bonchev–Trinajstić information content (AvgIpc) is 2.43. The normalized spacial score (nSPS) is 10.9. The van der Waals surface area contributed by atoms with Crippen LogP contribution in [-0.4, -0.2) is 26.1 Å². The molecule has 1 rings (SSSR count). The molecule has 1 N–H and O–H groups in total. The molecule has 0 amide bonds. The molecule has 1 aromatic heterocycles. The van der Waals surface area contributed by atoms with E-state index < -0.39 is 5.97 Å². The van der Waals surface area contributed by atoms with E-state index >= 15 is 0 Å². The largest absolute Gasteiger partial charge is 0.476 e. The van der Waals surface area contributed by atoms with Crippen molar-refractivity contribution in [2.24, 2.45) is 13.0 Å². The molecule has 0 aromatic carbocycles. The van der Waals surface area contributed by atoms with Gasteiger partial charge >= 0.3 is 5.97 Å². The van der Waals surface area contributed by atoms with Crippen molar-refractivity contribution in [1.82, 2.24) is 15.0 Å². The monoisotopic (exact) mass is 197 g/mol. The van der Waals surface area contributed by atoms with Gasteiger partial charge < -0.3 is 5.11 Å². The van der Waals surface area contributed by atoms with Crippen molar-refractivity contribution in [3.05, 3.63) is 11.4 Å². The van der Waals surface area contributed by atoms with Crippen molar-refractivity contribution in [2.45, 2.75) is 26.7 Å². The lowest BCUT2D eigenvalue weighted by Crippen LogP contribution is -2.06. The summed E-state index contributed by atoms with van der Waals surface area (Å²) < 4.78 is 1.53. The third-order valence-corrected chi connectivity index (χ3v) is 2.10. The van der Waals surface area contributed by atoms with Crippen LogP contribution < -0.4 is 0 Å². The van der Waals surface area contributed by atoms with Gasteiger partial charge in [-0.3, -0.25) is 4.68 Å². The van der Waals surface area contributed by atoms with E-state index in [4.69, 9.17) is 5.11 Å². The molecule has 5 nitrogen and oxygen atoms in total. The summed E-state index contributed by atoms with van der Waals surface area (Å²) >= 11 is 0. The Kier molecular flexibility index (Phi) is 3.22. The van der Waals surface area contributed by atoms with Crippen LogP contribution in [0.2, 0.25) is 0 Å². The molecular weight excluding hydrogens is 182 g/mol. The number of aromatic carboxylic acids is 1. The molecule has 0 atom stereocenters. The van der Waals surface area contributed by atoms with Crippen molar-refractivity contribution >= 4 is 5.97 Å². The molecule has 0 fully saturated rings. The molecule has 0 unspecified atom stereocenters. The Morgan fingerprint density at radius 3 is 2.71 bits per heavy atom. The van der Waals surface area contributed by atoms with Crippen LogP contribution in [0.1, 0.15) is 36.5 Å². The first-order valence-corrected chi connectivity index (χ1v) is 4.64. The molecule has 0 radical (unpaired) electrons. The second kappa shape index (κ2) is 4.21. The molecule has 14 heavy (non-hydrogen) atoms. The summed E-state index contributed by atoms with van der Waals surface area (Å²) in [6, 6.07) is 0. The standard InChI is InChI=1S/C9H15N3O2/c1-6(2)4-5-7-8(9(13)14)10-11-12(7)3/h6H,4-5H2,1-3H3,(H,13,14). The van der Waals surface area contributed by atoms with Crippen LogP contribution >= 0.6 is 0 Å². The first kappa shape index (κ1) is 10.7. The number of carbonyl (C=O) groups is 1. The van der Waals surface area contributed by atoms with Crippen molar-refractivity contribution in [1.29, 1.82) is 0 Å². The molecule has 0 aliphatic carbocycles. The third kappa shape index (κ3) is 2.31. The van der Waals surface area contributed by atoms with Crippen LogP contribution in [0.5, 0.6) is 0 Å². The molecular formula is C9H15N3O2. The SMILES string of the molecule is CC(C)CCc1c(C(=O)O)nnn1C. The first-order chi connectivity index (χ1) is 6.52. The Balaban J connectivity index is 2.83. The number of hydrogen-bond donors (Lipinski definition) is 1. The quantitative estimate of drug-likeness (QED) is 0.784. The number of carboxylic acid groups (broad SMARTS) is 1. The summed E-state index contributed by atoms with van der Waals surface area (Å²) in [5.74, 6) is -0.455. The van der Waals surface area contributed by atoms with E-state index in [0.717, 1.165) is 6.42 Å². The van der Waals surface area contributed by atoms with Crippen LogP contribution in [0, 0.1) is 5.92 Å². The summed E-state index contributed by atoms with van der Waals surface area (Å²) in [5, 5.41) is 16.1. The Labute approximate surface area is 82.7 Å². The predicted octanol–water partition coefficient (Wildman–Crippen LogP) is 1.10. The summed E-state index contributed by atoms with van der Waals surface area (Å²) in [5.41, 5.74) is 0.777. The molecule has 0 aliphatic heterocycles. The highest BCUT2D eigenvalue weighted by Crippen LogP contribution is 2.11. The van der Waals surface area contributed by atoms with Crippen molar-refractivity contribution in [2.75, 3.05) is 0 Å². The number of rotatable bonds is 4. The van der Waals surface area contributed by atoms with Crippen LogP contribution in [0.15, 0.2) is 0 Å². The first-order valence-electron chi connectivity index (χ1n) is 4.64. The van der Waals surface area contributed by atoms with Gasteiger partial charge in [-0.15, -0.1) is 5.10 Å². The minimum absolute atomic E-state index is 0.0770. The fourth-order valence-corrected chi connectivity index (χ4v) is 1.25. The van der Waals surface area contributed by atoms with Crippen molar-refractivity contribution < 1.29 is 9.90 Å². The zero-order valence-electron chi connectivity index (χ0n) is 8.69. The fraction of sp³-hybridized carbons (Fsp3) is 0.667. The van der Waals surface area contributed by atoms with Gasteiger partial charge in [0.25, 0.3) is 0 Å². The summed E-state index contributed by atoms with van der Waals surface area (Å²) in [7, 11) is 1.72. The van der Waals surface area contributed by atoms with Gasteiger partial charge in [-0.25, -0.2) is 4.79 Å². The Bertz CT molecular complexity index is 331. The second-order valence-corrected chi connectivity index (χ2v) is 3.75. The van der Waals surface area contributed by atoms with Crippen molar-refractivity contribution in [3.8, 4) is 0 Å². The minimum Gasteiger partial charge on any atom is -0.476 e. The smallest absolute Gasteiger partial charge is 0.358 e. The minimum atomic E-state index is -1.00. The molecule has 1 aromatic rings. The van der Waals surface area contributed by atoms with E-state index in [1.807, 2.05) is 0 Å². The molecule has 5 heteroatoms. The number of carboxylic acids is 1. The molecule has 0 spiro atoms. The van der Waals surface area contributed by atoms with Gasteiger partial charge in [-0.1, -0.05) is 19.1 Å². The van der Waals surface area contributed by atoms with Gasteiger partial charge in [0.15, 0.2) is 5.69 Å². The van der Waals surface area contributed by atoms with E-state index in [-0.39, 0.29) is 5.69 Å². The molecule has 0 saturated heterocycles. The van der Waals surface area contributed by atoms with Crippen LogP contribution in [0.4, 0.5) is 0 Å². The number of hydrogen-bond acceptors (Lipinski definition) is 3. The summed E-state index contributed by atoms with van der Waals surface area (Å²) in [4.78, 5) is 10.8. The highest BCUT2D eigenvalue weighted by atomic mass is 16.4. The van der Waals surface area contributed by atoms with E-state index in [1.54, 1.807) is 7.05 Å². The van der Waals surface area contributed by atoms with Crippen molar-refractivity contribution in [3.63, 3.8) is 0 Å². The fourth-order valence-electron chi connectivity index (χ4n) is 1.25. The molecule has 0 aliphatic rings. The molecule has 1 heterocycles. The van der Waals surface area contributed by atoms with E-state index in [2.05, 4.69) is 24.2 Å². The number of aromatic nitrogens is 3. The van der Waals surface area contributed by atoms with Gasteiger partial charge in [0.1, 0.15) is 0 Å². The lowest BCUT2D eigenvalue weighted by Gasteiger charge is -2.04. The zero-order valence-corrected chi connectivity index (χ0v) is 8.69. The van der Waals surface area contributed by atoms with Gasteiger partial charge in [-0.2, -0.15) is 0 Å². The van der Waals surface area contributed by atoms with Gasteiger partial charge in [-0.05, 0) is 18.8 Å². The summed E-state index contributed by atoms with van der Waals surface area (Å²) in [6.45, 7) is 4.20. The Hall–Kier alpha value is -1.39. The maximum Gasteiger partial charge on any atom is 0.358 e. The maximum absolute atomic E-state index is 10.8. The van der Waals surface area contributed by atoms with Crippen LogP contribution in [0.3, 0.4) is 0 Å². The second-order valence-electron chi connectivity index (χ2n) is 3.75. The highest BCUT2D eigenvalue weighted by Gasteiger charge is 2.16. The van der Waals surface area contributed by atoms with Gasteiger partial charge in [0.05, 0.1) is 5.69 Å². The summed E-state index contributed by atoms with van der Waals surface area (Å²) in [6.07, 6.45) is 1.66. The van der Waals surface area contributed by atoms with E-state index in [0.29, 0.717) is 18.0 Å². The van der Waals surface area contributed by atoms with Crippen LogP contribution in [-0.2, 0) is 13.5 Å². The average molecular weight is 197 g/mol. The Morgan fingerprint density at radius 1 is 1.57 bits per heavy atom. The number of nitrogens with zero attached hydrogens (tertiary/aromatic N) is 3. The predicted molar refractivity (Wildman–Crippen MR) is 51.1 cm³/mol. The van der Waals surface area contributed by atoms with Crippen LogP contribution in [0.25, 0.3) is 0 Å². The molecule has 0 bridgehead atoms. The van der Waals surface area contributed by atoms with E-state index in [9.17, 15) is 4.79 Å². The third-order valence-electron chi connectivity index (χ3n) is 2.10. The van der Waals surface area contributed by atoms with Gasteiger partial charge in [0.2, 0.25) is 0 Å². The maximum atomic E-state index is 10.8. The lowest BCUT2D eigenvalue weighted by atomic mass is 10.1. The lowest BCUT2D eigenvalue weighted by molar-refractivity contribution is 0.0689. The molecule has 0 saturated carbocycles. The number of aryl methyl sites for hydroxylation is 1. The zero-order chi connectivity index (χ0) is 10.7. The topological polar surface area (TPSA) is 68.0 Å². The van der Waals surface area contributed by atoms with Gasteiger partial charge in [0, 0.05) is 7.05 Å².